The van der Waals surface area contributed by atoms with Crippen LogP contribution in [-0.2, 0) is 11.8 Å². The van der Waals surface area contributed by atoms with Gasteiger partial charge in [0, 0.05) is 5.41 Å². The molecule has 0 saturated heterocycles. The highest BCUT2D eigenvalue weighted by atomic mass is 14.4. The van der Waals surface area contributed by atoms with E-state index in [4.69, 9.17) is 0 Å². The summed E-state index contributed by atoms with van der Waals surface area (Å²) in [5.41, 5.74) is 8.70. The molecule has 0 saturated carbocycles. The van der Waals surface area contributed by atoms with Crippen molar-refractivity contribution >= 4 is 0 Å². The first kappa shape index (κ1) is 13.2. The highest BCUT2D eigenvalue weighted by Crippen LogP contribution is 2.48. The van der Waals surface area contributed by atoms with Crippen LogP contribution in [0.15, 0.2) is 54.1 Å². The fraction of sp³-hybridized carbons (Fsp3) is 0.300. The van der Waals surface area contributed by atoms with Gasteiger partial charge in [0.2, 0.25) is 0 Å². The second-order valence-corrected chi connectivity index (χ2v) is 6.36. The minimum Gasteiger partial charge on any atom is -0.0884 e. The van der Waals surface area contributed by atoms with Crippen LogP contribution in [0.25, 0.3) is 11.1 Å². The zero-order valence-electron chi connectivity index (χ0n) is 12.8. The van der Waals surface area contributed by atoms with Crippen molar-refractivity contribution in [3.63, 3.8) is 0 Å². The van der Waals surface area contributed by atoms with Gasteiger partial charge in [-0.3, -0.25) is 0 Å². The van der Waals surface area contributed by atoms with E-state index in [-0.39, 0.29) is 5.41 Å². The highest BCUT2D eigenvalue weighted by Gasteiger charge is 2.34. The van der Waals surface area contributed by atoms with Crippen LogP contribution in [0.5, 0.6) is 0 Å². The Labute approximate surface area is 122 Å². The zero-order chi connectivity index (χ0) is 14.3. The lowest BCUT2D eigenvalue weighted by molar-refractivity contribution is 0.659. The van der Waals surface area contributed by atoms with E-state index in [9.17, 15) is 0 Å². The third-order valence-corrected chi connectivity index (χ3v) is 4.62. The smallest absolute Gasteiger partial charge is 0.0158 e. The van der Waals surface area contributed by atoms with Crippen LogP contribution >= 0.6 is 0 Å². The normalized spacial score (nSPS) is 15.9. The molecular weight excluding hydrogens is 240 g/mol. The van der Waals surface area contributed by atoms with E-state index in [1.54, 1.807) is 0 Å². The van der Waals surface area contributed by atoms with Crippen LogP contribution < -0.4 is 0 Å². The Bertz CT molecular complexity index is 687. The van der Waals surface area contributed by atoms with Gasteiger partial charge in [0.25, 0.3) is 0 Å². The molecule has 0 unspecified atom stereocenters. The molecule has 0 nitrogen and oxygen atoms in total. The van der Waals surface area contributed by atoms with Crippen molar-refractivity contribution in [2.24, 2.45) is 0 Å². The molecule has 0 N–H and O–H groups in total. The maximum Gasteiger partial charge on any atom is 0.0158 e. The van der Waals surface area contributed by atoms with Gasteiger partial charge in [-0.2, -0.15) is 0 Å². The van der Waals surface area contributed by atoms with Crippen molar-refractivity contribution in [2.45, 2.75) is 39.5 Å². The average Bonchev–Trinajstić information content (AvgIpc) is 2.68. The lowest BCUT2D eigenvalue weighted by Gasteiger charge is -2.22. The molecule has 1 aliphatic rings. The van der Waals surface area contributed by atoms with Gasteiger partial charge in [-0.05, 0) is 48.1 Å². The largest absolute Gasteiger partial charge is 0.0884 e. The molecule has 0 aliphatic heterocycles. The summed E-state index contributed by atoms with van der Waals surface area (Å²) in [5, 5.41) is 0. The maximum atomic E-state index is 2.41. The fourth-order valence-corrected chi connectivity index (χ4v) is 3.29. The summed E-state index contributed by atoms with van der Waals surface area (Å²) in [7, 11) is 0. The second-order valence-electron chi connectivity index (χ2n) is 6.36. The van der Waals surface area contributed by atoms with Crippen molar-refractivity contribution in [3.8, 4) is 11.1 Å². The van der Waals surface area contributed by atoms with Crippen molar-refractivity contribution in [3.05, 3.63) is 70.8 Å². The predicted octanol–water partition coefficient (Wildman–Crippen LogP) is 5.50. The fourth-order valence-electron chi connectivity index (χ4n) is 3.29. The standard InChI is InChI=1S/C20H22/c1-5-14(2)12-15-10-11-17-16-8-6-7-9-18(16)20(3,4)19(17)13-15/h5-11,13H,12H2,1-4H3/b14-5+. The first-order chi connectivity index (χ1) is 9.54. The first-order valence-electron chi connectivity index (χ1n) is 7.39. The van der Waals surface area contributed by atoms with E-state index in [0.29, 0.717) is 0 Å². The Morgan fingerprint density at radius 1 is 1.00 bits per heavy atom. The Balaban J connectivity index is 2.13. The van der Waals surface area contributed by atoms with E-state index in [0.717, 1.165) is 6.42 Å². The van der Waals surface area contributed by atoms with E-state index in [1.807, 2.05) is 0 Å². The Morgan fingerprint density at radius 2 is 1.70 bits per heavy atom. The number of hydrogen-bond acceptors (Lipinski definition) is 0. The Kier molecular flexibility index (Phi) is 3.05. The van der Waals surface area contributed by atoms with Gasteiger partial charge in [-0.15, -0.1) is 0 Å². The first-order valence-corrected chi connectivity index (χ1v) is 7.39. The molecular formula is C20H22. The summed E-state index contributed by atoms with van der Waals surface area (Å²) >= 11 is 0. The van der Waals surface area contributed by atoms with Crippen molar-refractivity contribution in [1.29, 1.82) is 0 Å². The number of benzene rings is 2. The van der Waals surface area contributed by atoms with Gasteiger partial charge in [-0.25, -0.2) is 0 Å². The van der Waals surface area contributed by atoms with E-state index in [1.165, 1.54) is 33.4 Å². The summed E-state index contributed by atoms with van der Waals surface area (Å²) < 4.78 is 0. The topological polar surface area (TPSA) is 0 Å². The molecule has 0 atom stereocenters. The Morgan fingerprint density at radius 3 is 2.45 bits per heavy atom. The molecule has 20 heavy (non-hydrogen) atoms. The maximum absolute atomic E-state index is 2.41. The van der Waals surface area contributed by atoms with Crippen LogP contribution in [0, 0.1) is 0 Å². The number of rotatable bonds is 2. The third-order valence-electron chi connectivity index (χ3n) is 4.62. The van der Waals surface area contributed by atoms with E-state index < -0.39 is 0 Å². The van der Waals surface area contributed by atoms with Crippen LogP contribution in [-0.4, -0.2) is 0 Å². The van der Waals surface area contributed by atoms with Gasteiger partial charge in [0.1, 0.15) is 0 Å². The monoisotopic (exact) mass is 262 g/mol. The molecule has 0 aromatic heterocycles. The van der Waals surface area contributed by atoms with Gasteiger partial charge in [-0.1, -0.05) is 68.0 Å². The molecule has 3 rings (SSSR count). The minimum absolute atomic E-state index is 0.117. The lowest BCUT2D eigenvalue weighted by atomic mass is 9.82. The Hall–Kier alpha value is -1.82. The van der Waals surface area contributed by atoms with E-state index in [2.05, 4.69) is 76.2 Å². The highest BCUT2D eigenvalue weighted by molar-refractivity contribution is 5.80. The molecule has 2 aromatic rings. The lowest BCUT2D eigenvalue weighted by Crippen LogP contribution is -2.15. The molecule has 0 heteroatoms. The molecule has 0 fully saturated rings. The SMILES string of the molecule is C/C=C(\C)Cc1ccc2c(c1)C(C)(C)c1ccccc1-2. The molecule has 0 bridgehead atoms. The molecule has 2 aromatic carbocycles. The summed E-state index contributed by atoms with van der Waals surface area (Å²) in [5.74, 6) is 0. The van der Waals surface area contributed by atoms with Crippen molar-refractivity contribution in [1.82, 2.24) is 0 Å². The summed E-state index contributed by atoms with van der Waals surface area (Å²) in [6, 6.07) is 15.8. The summed E-state index contributed by atoms with van der Waals surface area (Å²) in [6.45, 7) is 8.99. The quantitative estimate of drug-likeness (QED) is 0.627. The molecule has 0 heterocycles. The molecule has 0 spiro atoms. The van der Waals surface area contributed by atoms with Gasteiger partial charge < -0.3 is 0 Å². The van der Waals surface area contributed by atoms with E-state index >= 15 is 0 Å². The molecule has 0 amide bonds. The summed E-state index contributed by atoms with van der Waals surface area (Å²) in [6.07, 6.45) is 3.25. The number of hydrogen-bond donors (Lipinski definition) is 0. The van der Waals surface area contributed by atoms with Crippen LogP contribution in [0.4, 0.5) is 0 Å². The summed E-state index contributed by atoms with van der Waals surface area (Å²) in [4.78, 5) is 0. The van der Waals surface area contributed by atoms with Crippen LogP contribution in [0.3, 0.4) is 0 Å². The number of allylic oxidation sites excluding steroid dienone is 2. The minimum atomic E-state index is 0.117. The zero-order valence-corrected chi connectivity index (χ0v) is 12.8. The van der Waals surface area contributed by atoms with Gasteiger partial charge in [0.15, 0.2) is 0 Å². The second kappa shape index (κ2) is 4.63. The molecule has 0 radical (unpaired) electrons. The molecule has 1 aliphatic carbocycles. The molecule has 102 valence electrons. The van der Waals surface area contributed by atoms with Crippen LogP contribution in [0.1, 0.15) is 44.4 Å². The van der Waals surface area contributed by atoms with Crippen molar-refractivity contribution in [2.75, 3.05) is 0 Å². The van der Waals surface area contributed by atoms with Gasteiger partial charge >= 0.3 is 0 Å². The average molecular weight is 262 g/mol. The predicted molar refractivity (Wildman–Crippen MR) is 87.1 cm³/mol. The van der Waals surface area contributed by atoms with Crippen molar-refractivity contribution < 1.29 is 0 Å². The van der Waals surface area contributed by atoms with Crippen LogP contribution in [0.2, 0.25) is 0 Å². The number of fused-ring (bicyclic) bond motifs is 3. The third kappa shape index (κ3) is 1.91. The van der Waals surface area contributed by atoms with Gasteiger partial charge in [0.05, 0.1) is 0 Å².